The summed E-state index contributed by atoms with van der Waals surface area (Å²) in [7, 11) is 1.95. The Morgan fingerprint density at radius 1 is 1.05 bits per heavy atom. The minimum absolute atomic E-state index is 0.725. The fourth-order valence-electron chi connectivity index (χ4n) is 2.08. The Labute approximate surface area is 119 Å². The number of aromatic nitrogens is 2. The Balaban J connectivity index is 2.36. The zero-order valence-corrected chi connectivity index (χ0v) is 12.3. The SMILES string of the molecule is CNCCc1c(C)nc(-c2ccc(Cl)cc2)nc1C. The zero-order valence-electron chi connectivity index (χ0n) is 11.5. The highest BCUT2D eigenvalue weighted by atomic mass is 35.5. The van der Waals surface area contributed by atoms with E-state index in [4.69, 9.17) is 11.6 Å². The molecule has 0 saturated heterocycles. The van der Waals surface area contributed by atoms with Gasteiger partial charge in [0.2, 0.25) is 0 Å². The summed E-state index contributed by atoms with van der Waals surface area (Å²) in [6.45, 7) is 5.02. The molecule has 1 aromatic heterocycles. The van der Waals surface area contributed by atoms with Crippen molar-refractivity contribution in [1.29, 1.82) is 0 Å². The third-order valence-corrected chi connectivity index (χ3v) is 3.40. The highest BCUT2D eigenvalue weighted by Crippen LogP contribution is 2.21. The van der Waals surface area contributed by atoms with Crippen LogP contribution >= 0.6 is 11.6 Å². The van der Waals surface area contributed by atoms with Gasteiger partial charge in [0.05, 0.1) is 0 Å². The number of halogens is 1. The quantitative estimate of drug-likeness (QED) is 0.931. The van der Waals surface area contributed by atoms with Gasteiger partial charge in [-0.15, -0.1) is 0 Å². The van der Waals surface area contributed by atoms with Crippen molar-refractivity contribution in [2.24, 2.45) is 0 Å². The summed E-state index contributed by atoms with van der Waals surface area (Å²) in [5.74, 6) is 0.764. The summed E-state index contributed by atoms with van der Waals surface area (Å²) < 4.78 is 0. The first-order valence-corrected chi connectivity index (χ1v) is 6.74. The molecule has 19 heavy (non-hydrogen) atoms. The van der Waals surface area contributed by atoms with Crippen molar-refractivity contribution in [2.75, 3.05) is 13.6 Å². The maximum Gasteiger partial charge on any atom is 0.159 e. The lowest BCUT2D eigenvalue weighted by Crippen LogP contribution is -2.13. The second-order valence-corrected chi connectivity index (χ2v) is 4.99. The first kappa shape index (κ1) is 14.0. The smallest absolute Gasteiger partial charge is 0.159 e. The van der Waals surface area contributed by atoms with E-state index in [0.717, 1.165) is 40.8 Å². The third kappa shape index (κ3) is 3.31. The van der Waals surface area contributed by atoms with Crippen LogP contribution in [-0.2, 0) is 6.42 Å². The van der Waals surface area contributed by atoms with Gasteiger partial charge in [-0.2, -0.15) is 0 Å². The van der Waals surface area contributed by atoms with E-state index in [1.165, 1.54) is 5.56 Å². The lowest BCUT2D eigenvalue weighted by atomic mass is 10.1. The molecule has 2 aromatic rings. The van der Waals surface area contributed by atoms with Crippen LogP contribution in [0.2, 0.25) is 5.02 Å². The van der Waals surface area contributed by atoms with Gasteiger partial charge in [0.25, 0.3) is 0 Å². The molecule has 1 aromatic carbocycles. The number of hydrogen-bond donors (Lipinski definition) is 1. The van der Waals surface area contributed by atoms with E-state index in [0.29, 0.717) is 0 Å². The van der Waals surface area contributed by atoms with Gasteiger partial charge in [0.15, 0.2) is 5.82 Å². The molecule has 0 radical (unpaired) electrons. The molecule has 2 rings (SSSR count). The normalized spacial score (nSPS) is 10.7. The van der Waals surface area contributed by atoms with Crippen LogP contribution in [0.3, 0.4) is 0 Å². The number of hydrogen-bond acceptors (Lipinski definition) is 3. The fraction of sp³-hybridized carbons (Fsp3) is 0.333. The summed E-state index contributed by atoms with van der Waals surface area (Å²) in [5.41, 5.74) is 4.32. The molecule has 0 aliphatic heterocycles. The van der Waals surface area contributed by atoms with E-state index in [9.17, 15) is 0 Å². The Bertz CT molecular complexity index is 541. The summed E-state index contributed by atoms with van der Waals surface area (Å²) >= 11 is 5.90. The molecule has 0 spiro atoms. The molecule has 0 bridgehead atoms. The third-order valence-electron chi connectivity index (χ3n) is 3.15. The highest BCUT2D eigenvalue weighted by molar-refractivity contribution is 6.30. The molecule has 0 aliphatic rings. The lowest BCUT2D eigenvalue weighted by Gasteiger charge is -2.10. The summed E-state index contributed by atoms with van der Waals surface area (Å²) in [5, 5.41) is 3.88. The molecule has 1 heterocycles. The second kappa shape index (κ2) is 6.13. The number of aryl methyl sites for hydroxylation is 2. The Kier molecular flexibility index (Phi) is 4.51. The van der Waals surface area contributed by atoms with Crippen LogP contribution in [0.15, 0.2) is 24.3 Å². The molecule has 0 fully saturated rings. The van der Waals surface area contributed by atoms with Crippen LogP contribution in [0, 0.1) is 13.8 Å². The van der Waals surface area contributed by atoms with Crippen molar-refractivity contribution < 1.29 is 0 Å². The van der Waals surface area contributed by atoms with E-state index in [1.54, 1.807) is 0 Å². The molecule has 0 aliphatic carbocycles. The predicted octanol–water partition coefficient (Wildman–Crippen LogP) is 3.18. The topological polar surface area (TPSA) is 37.8 Å². The van der Waals surface area contributed by atoms with Gasteiger partial charge < -0.3 is 5.32 Å². The molecule has 1 N–H and O–H groups in total. The maximum atomic E-state index is 5.90. The summed E-state index contributed by atoms with van der Waals surface area (Å²) in [6.07, 6.45) is 0.953. The Morgan fingerprint density at radius 3 is 2.16 bits per heavy atom. The van der Waals surface area contributed by atoms with Crippen LogP contribution in [0.25, 0.3) is 11.4 Å². The van der Waals surface area contributed by atoms with Crippen LogP contribution in [0.4, 0.5) is 0 Å². The number of nitrogens with zero attached hydrogens (tertiary/aromatic N) is 2. The van der Waals surface area contributed by atoms with Crippen molar-refractivity contribution in [1.82, 2.24) is 15.3 Å². The minimum atomic E-state index is 0.725. The number of benzene rings is 1. The van der Waals surface area contributed by atoms with Gasteiger partial charge in [-0.3, -0.25) is 0 Å². The number of nitrogens with one attached hydrogen (secondary N) is 1. The van der Waals surface area contributed by atoms with Crippen molar-refractivity contribution in [3.63, 3.8) is 0 Å². The standard InChI is InChI=1S/C15H18ClN3/c1-10-14(8-9-17-3)11(2)19-15(18-10)12-4-6-13(16)7-5-12/h4-7,17H,8-9H2,1-3H3. The average molecular weight is 276 g/mol. The van der Waals surface area contributed by atoms with Crippen LogP contribution in [-0.4, -0.2) is 23.6 Å². The first-order valence-electron chi connectivity index (χ1n) is 6.36. The number of likely N-dealkylation sites (N-methyl/N-ethyl adjacent to an activating group) is 1. The molecule has 4 heteroatoms. The van der Waals surface area contributed by atoms with Gasteiger partial charge >= 0.3 is 0 Å². The fourth-order valence-corrected chi connectivity index (χ4v) is 2.21. The van der Waals surface area contributed by atoms with Crippen molar-refractivity contribution >= 4 is 11.6 Å². The molecule has 0 amide bonds. The van der Waals surface area contributed by atoms with Crippen LogP contribution in [0.5, 0.6) is 0 Å². The van der Waals surface area contributed by atoms with E-state index >= 15 is 0 Å². The molecule has 0 atom stereocenters. The highest BCUT2D eigenvalue weighted by Gasteiger charge is 2.09. The molecule has 0 saturated carbocycles. The van der Waals surface area contributed by atoms with E-state index in [2.05, 4.69) is 15.3 Å². The van der Waals surface area contributed by atoms with Gasteiger partial charge in [0.1, 0.15) is 0 Å². The summed E-state index contributed by atoms with van der Waals surface area (Å²) in [6, 6.07) is 7.62. The summed E-state index contributed by atoms with van der Waals surface area (Å²) in [4.78, 5) is 9.21. The Hall–Kier alpha value is -1.45. The maximum absolute atomic E-state index is 5.90. The van der Waals surface area contributed by atoms with Crippen LogP contribution < -0.4 is 5.32 Å². The zero-order chi connectivity index (χ0) is 13.8. The van der Waals surface area contributed by atoms with Crippen molar-refractivity contribution in [3.05, 3.63) is 46.2 Å². The van der Waals surface area contributed by atoms with Crippen LogP contribution in [0.1, 0.15) is 17.0 Å². The van der Waals surface area contributed by atoms with E-state index in [1.807, 2.05) is 45.2 Å². The van der Waals surface area contributed by atoms with E-state index in [-0.39, 0.29) is 0 Å². The van der Waals surface area contributed by atoms with Crippen molar-refractivity contribution in [3.8, 4) is 11.4 Å². The lowest BCUT2D eigenvalue weighted by molar-refractivity contribution is 0.774. The van der Waals surface area contributed by atoms with E-state index < -0.39 is 0 Å². The molecular formula is C15H18ClN3. The van der Waals surface area contributed by atoms with Gasteiger partial charge in [-0.1, -0.05) is 11.6 Å². The molecule has 3 nitrogen and oxygen atoms in total. The largest absolute Gasteiger partial charge is 0.319 e. The second-order valence-electron chi connectivity index (χ2n) is 4.56. The van der Waals surface area contributed by atoms with Gasteiger partial charge in [-0.25, -0.2) is 9.97 Å². The Morgan fingerprint density at radius 2 is 1.63 bits per heavy atom. The molecule has 0 unspecified atom stereocenters. The van der Waals surface area contributed by atoms with Crippen molar-refractivity contribution in [2.45, 2.75) is 20.3 Å². The van der Waals surface area contributed by atoms with Gasteiger partial charge in [0, 0.05) is 22.0 Å². The monoisotopic (exact) mass is 275 g/mol. The average Bonchev–Trinajstić information content (AvgIpc) is 2.38. The predicted molar refractivity (Wildman–Crippen MR) is 79.6 cm³/mol. The minimum Gasteiger partial charge on any atom is -0.319 e. The number of rotatable bonds is 4. The first-order chi connectivity index (χ1) is 9.11. The molecular weight excluding hydrogens is 258 g/mol. The van der Waals surface area contributed by atoms with Gasteiger partial charge in [-0.05, 0) is 63.7 Å². The molecule has 100 valence electrons.